The lowest BCUT2D eigenvalue weighted by Crippen LogP contribution is -2.54. The molecule has 1 N–H and O–H groups in total. The lowest BCUT2D eigenvalue weighted by molar-refractivity contribution is 0.229. The fourth-order valence-corrected chi connectivity index (χ4v) is 4.86. The summed E-state index contributed by atoms with van der Waals surface area (Å²) in [6.07, 6.45) is 6.02. The van der Waals surface area contributed by atoms with Gasteiger partial charge in [0.25, 0.3) is 10.2 Å². The van der Waals surface area contributed by atoms with Crippen LogP contribution in [0.2, 0.25) is 0 Å². The van der Waals surface area contributed by atoms with Crippen molar-refractivity contribution < 1.29 is 8.42 Å². The first kappa shape index (κ1) is 15.0. The Morgan fingerprint density at radius 1 is 1.37 bits per heavy atom. The van der Waals surface area contributed by atoms with Gasteiger partial charge in [0, 0.05) is 32.2 Å². The number of piperidine rings is 1. The van der Waals surface area contributed by atoms with E-state index < -0.39 is 10.2 Å². The second-order valence-electron chi connectivity index (χ2n) is 5.50. The third kappa shape index (κ3) is 3.37. The number of nitrogens with zero attached hydrogens (tertiary/aromatic N) is 2. The number of likely N-dealkylation sites (N-methyl/N-ethyl adjacent to an activating group) is 1. The standard InChI is InChI=1S/C13H25N3O2S/c1-12-6-5-8-15(11-12)19(17,18)16-9-4-3-7-13(16)10-14-2/h6,13-14H,3-5,7-11H2,1-2H3. The molecule has 0 amide bonds. The molecule has 0 spiro atoms. The summed E-state index contributed by atoms with van der Waals surface area (Å²) in [4.78, 5) is 0. The van der Waals surface area contributed by atoms with Crippen molar-refractivity contribution in [2.45, 2.75) is 38.6 Å². The molecule has 2 heterocycles. The van der Waals surface area contributed by atoms with Crippen LogP contribution in [0.1, 0.15) is 32.6 Å². The predicted molar refractivity (Wildman–Crippen MR) is 77.1 cm³/mol. The summed E-state index contributed by atoms with van der Waals surface area (Å²) in [7, 11) is -1.42. The van der Waals surface area contributed by atoms with Crippen molar-refractivity contribution in [2.75, 3.05) is 33.2 Å². The first-order valence-electron chi connectivity index (χ1n) is 7.13. The average molecular weight is 287 g/mol. The van der Waals surface area contributed by atoms with Gasteiger partial charge in [0.1, 0.15) is 0 Å². The molecule has 2 aliphatic heterocycles. The minimum Gasteiger partial charge on any atom is -0.318 e. The van der Waals surface area contributed by atoms with Gasteiger partial charge >= 0.3 is 0 Å². The van der Waals surface area contributed by atoms with E-state index in [0.29, 0.717) is 19.6 Å². The van der Waals surface area contributed by atoms with Crippen LogP contribution in [0.3, 0.4) is 0 Å². The minimum atomic E-state index is -3.30. The van der Waals surface area contributed by atoms with Crippen molar-refractivity contribution in [3.8, 4) is 0 Å². The SMILES string of the molecule is CNCC1CCCCN1S(=O)(=O)N1CCC=C(C)C1. The highest BCUT2D eigenvalue weighted by Gasteiger charge is 2.36. The zero-order valence-electron chi connectivity index (χ0n) is 11.9. The molecular formula is C13H25N3O2S. The van der Waals surface area contributed by atoms with Gasteiger partial charge in [-0.3, -0.25) is 0 Å². The molecule has 0 aromatic rings. The van der Waals surface area contributed by atoms with Gasteiger partial charge in [-0.15, -0.1) is 0 Å². The van der Waals surface area contributed by atoms with Crippen molar-refractivity contribution in [1.29, 1.82) is 0 Å². The van der Waals surface area contributed by atoms with Crippen molar-refractivity contribution >= 4 is 10.2 Å². The van der Waals surface area contributed by atoms with E-state index >= 15 is 0 Å². The van der Waals surface area contributed by atoms with E-state index in [0.717, 1.165) is 37.8 Å². The molecule has 6 heteroatoms. The number of hydrogen-bond donors (Lipinski definition) is 1. The lowest BCUT2D eigenvalue weighted by Gasteiger charge is -2.38. The summed E-state index contributed by atoms with van der Waals surface area (Å²) in [5.74, 6) is 0. The zero-order chi connectivity index (χ0) is 13.9. The highest BCUT2D eigenvalue weighted by molar-refractivity contribution is 7.86. The van der Waals surface area contributed by atoms with Gasteiger partial charge in [0.2, 0.25) is 0 Å². The van der Waals surface area contributed by atoms with E-state index in [9.17, 15) is 8.42 Å². The van der Waals surface area contributed by atoms with Crippen LogP contribution in [-0.4, -0.2) is 56.3 Å². The quantitative estimate of drug-likeness (QED) is 0.784. The Labute approximate surface area is 116 Å². The van der Waals surface area contributed by atoms with Gasteiger partial charge < -0.3 is 5.32 Å². The van der Waals surface area contributed by atoms with E-state index in [2.05, 4.69) is 11.4 Å². The summed E-state index contributed by atoms with van der Waals surface area (Å²) < 4.78 is 28.9. The summed E-state index contributed by atoms with van der Waals surface area (Å²) in [6.45, 7) is 4.56. The largest absolute Gasteiger partial charge is 0.318 e. The monoisotopic (exact) mass is 287 g/mol. The first-order valence-corrected chi connectivity index (χ1v) is 8.52. The second-order valence-corrected chi connectivity index (χ2v) is 7.38. The van der Waals surface area contributed by atoms with Crippen LogP contribution in [0.15, 0.2) is 11.6 Å². The highest BCUT2D eigenvalue weighted by atomic mass is 32.2. The van der Waals surface area contributed by atoms with Crippen LogP contribution in [0, 0.1) is 0 Å². The Balaban J connectivity index is 2.14. The highest BCUT2D eigenvalue weighted by Crippen LogP contribution is 2.24. The van der Waals surface area contributed by atoms with Gasteiger partial charge in [-0.25, -0.2) is 0 Å². The zero-order valence-corrected chi connectivity index (χ0v) is 12.7. The van der Waals surface area contributed by atoms with Gasteiger partial charge in [-0.05, 0) is 33.2 Å². The van der Waals surface area contributed by atoms with Crippen LogP contribution >= 0.6 is 0 Å². The molecule has 1 unspecified atom stereocenters. The fraction of sp³-hybridized carbons (Fsp3) is 0.846. The van der Waals surface area contributed by atoms with Crippen molar-refractivity contribution in [1.82, 2.24) is 13.9 Å². The molecule has 2 rings (SSSR count). The normalized spacial score (nSPS) is 27.3. The molecule has 5 nitrogen and oxygen atoms in total. The molecule has 1 atom stereocenters. The van der Waals surface area contributed by atoms with Crippen LogP contribution < -0.4 is 5.32 Å². The maximum atomic E-state index is 12.8. The third-order valence-corrected chi connectivity index (χ3v) is 5.97. The molecule has 0 bridgehead atoms. The van der Waals surface area contributed by atoms with Gasteiger partial charge in [0.05, 0.1) is 0 Å². The Morgan fingerprint density at radius 2 is 2.16 bits per heavy atom. The van der Waals surface area contributed by atoms with Gasteiger partial charge in [0.15, 0.2) is 0 Å². The van der Waals surface area contributed by atoms with Crippen LogP contribution in [0.5, 0.6) is 0 Å². The van der Waals surface area contributed by atoms with Crippen molar-refractivity contribution in [3.63, 3.8) is 0 Å². The molecule has 0 aromatic heterocycles. The topological polar surface area (TPSA) is 52.7 Å². The van der Waals surface area contributed by atoms with Crippen molar-refractivity contribution in [2.24, 2.45) is 0 Å². The predicted octanol–water partition coefficient (Wildman–Crippen LogP) is 0.957. The maximum absolute atomic E-state index is 12.8. The smallest absolute Gasteiger partial charge is 0.282 e. The first-order chi connectivity index (χ1) is 9.05. The summed E-state index contributed by atoms with van der Waals surface area (Å²) in [6, 6.07) is 0.106. The van der Waals surface area contributed by atoms with E-state index in [1.807, 2.05) is 14.0 Å². The lowest BCUT2D eigenvalue weighted by atomic mass is 10.1. The molecule has 19 heavy (non-hydrogen) atoms. The fourth-order valence-electron chi connectivity index (χ4n) is 2.94. The molecule has 1 saturated heterocycles. The van der Waals surface area contributed by atoms with E-state index in [-0.39, 0.29) is 6.04 Å². The average Bonchev–Trinajstić information content (AvgIpc) is 2.39. The number of hydrogen-bond acceptors (Lipinski definition) is 3. The van der Waals surface area contributed by atoms with Crippen LogP contribution in [0.25, 0.3) is 0 Å². The van der Waals surface area contributed by atoms with E-state index in [4.69, 9.17) is 0 Å². The molecule has 0 aromatic carbocycles. The molecule has 0 saturated carbocycles. The Hall–Kier alpha value is -0.430. The summed E-state index contributed by atoms with van der Waals surface area (Å²) in [5.41, 5.74) is 1.15. The molecular weight excluding hydrogens is 262 g/mol. The summed E-state index contributed by atoms with van der Waals surface area (Å²) in [5, 5.41) is 3.12. The molecule has 1 fully saturated rings. The van der Waals surface area contributed by atoms with Crippen LogP contribution in [-0.2, 0) is 10.2 Å². The molecule has 110 valence electrons. The third-order valence-electron chi connectivity index (χ3n) is 3.93. The van der Waals surface area contributed by atoms with Crippen LogP contribution in [0.4, 0.5) is 0 Å². The maximum Gasteiger partial charge on any atom is 0.282 e. The van der Waals surface area contributed by atoms with Crippen molar-refractivity contribution in [3.05, 3.63) is 11.6 Å². The number of rotatable bonds is 4. The van der Waals surface area contributed by atoms with Gasteiger partial charge in [-0.2, -0.15) is 17.0 Å². The van der Waals surface area contributed by atoms with E-state index in [1.165, 1.54) is 0 Å². The molecule has 0 aliphatic carbocycles. The van der Waals surface area contributed by atoms with Gasteiger partial charge in [-0.1, -0.05) is 18.1 Å². The summed E-state index contributed by atoms with van der Waals surface area (Å²) >= 11 is 0. The Kier molecular flexibility index (Phi) is 5.00. The molecule has 2 aliphatic rings. The Bertz CT molecular complexity index is 431. The van der Waals surface area contributed by atoms with E-state index in [1.54, 1.807) is 8.61 Å². The molecule has 0 radical (unpaired) electrons. The second kappa shape index (κ2) is 6.35. The minimum absolute atomic E-state index is 0.106. The Morgan fingerprint density at radius 3 is 2.84 bits per heavy atom. The number of nitrogens with one attached hydrogen (secondary N) is 1.